The fourth-order valence-corrected chi connectivity index (χ4v) is 4.35. The molecule has 27 heavy (non-hydrogen) atoms. The molecule has 146 valence electrons. The van der Waals surface area contributed by atoms with Gasteiger partial charge in [-0.3, -0.25) is 14.2 Å². The fourth-order valence-electron chi connectivity index (χ4n) is 2.47. The Balaban J connectivity index is 2.46. The lowest BCUT2D eigenvalue weighted by Gasteiger charge is -2.18. The van der Waals surface area contributed by atoms with Gasteiger partial charge in [-0.25, -0.2) is 4.90 Å². The van der Waals surface area contributed by atoms with E-state index in [0.717, 1.165) is 4.90 Å². The molecule has 0 atom stereocenters. The van der Waals surface area contributed by atoms with Gasteiger partial charge in [0.2, 0.25) is 0 Å². The fraction of sp³-hybridized carbons (Fsp3) is 0.333. The van der Waals surface area contributed by atoms with Gasteiger partial charge in [0.25, 0.3) is 11.8 Å². The molecule has 6 nitrogen and oxygen atoms in total. The van der Waals surface area contributed by atoms with Crippen molar-refractivity contribution < 1.29 is 23.2 Å². The van der Waals surface area contributed by atoms with Crippen LogP contribution >= 0.6 is 30.8 Å². The summed E-state index contributed by atoms with van der Waals surface area (Å²) in [7, 11) is -3.67. The molecular formula is C18H20Cl2NO5P. The first-order valence-electron chi connectivity index (χ1n) is 8.29. The lowest BCUT2D eigenvalue weighted by atomic mass is 10.2. The van der Waals surface area contributed by atoms with Gasteiger partial charge < -0.3 is 9.05 Å². The van der Waals surface area contributed by atoms with Crippen LogP contribution in [0.15, 0.2) is 34.1 Å². The van der Waals surface area contributed by atoms with Crippen molar-refractivity contribution >= 4 is 54.4 Å². The molecule has 1 aliphatic heterocycles. The van der Waals surface area contributed by atoms with Crippen LogP contribution in [0, 0.1) is 0 Å². The van der Waals surface area contributed by atoms with E-state index in [2.05, 4.69) is 0 Å². The molecule has 2 amide bonds. The Morgan fingerprint density at radius 1 is 1.11 bits per heavy atom. The Labute approximate surface area is 168 Å². The Bertz CT molecular complexity index is 860. The van der Waals surface area contributed by atoms with Crippen molar-refractivity contribution in [3.05, 3.63) is 44.7 Å². The highest BCUT2D eigenvalue weighted by Gasteiger charge is 2.35. The van der Waals surface area contributed by atoms with Crippen LogP contribution in [0.2, 0.25) is 5.02 Å². The highest BCUT2D eigenvalue weighted by molar-refractivity contribution is 7.61. The molecular weight excluding hydrogens is 412 g/mol. The topological polar surface area (TPSA) is 72.9 Å². The number of amides is 2. The van der Waals surface area contributed by atoms with Crippen molar-refractivity contribution in [3.63, 3.8) is 0 Å². The van der Waals surface area contributed by atoms with Crippen LogP contribution in [-0.4, -0.2) is 25.0 Å². The zero-order valence-corrected chi connectivity index (χ0v) is 17.8. The summed E-state index contributed by atoms with van der Waals surface area (Å²) >= 11 is 12.4. The second kappa shape index (κ2) is 8.72. The molecule has 2 rings (SSSR count). The molecule has 0 saturated carbocycles. The number of benzene rings is 1. The van der Waals surface area contributed by atoms with E-state index in [1.165, 1.54) is 18.2 Å². The highest BCUT2D eigenvalue weighted by atomic mass is 35.5. The van der Waals surface area contributed by atoms with E-state index in [-0.39, 0.29) is 18.0 Å². The molecule has 0 saturated heterocycles. The van der Waals surface area contributed by atoms with Gasteiger partial charge >= 0.3 is 7.60 Å². The monoisotopic (exact) mass is 431 g/mol. The number of halogens is 2. The van der Waals surface area contributed by atoms with Crippen molar-refractivity contribution in [1.82, 2.24) is 0 Å². The molecule has 0 aliphatic carbocycles. The van der Waals surface area contributed by atoms with E-state index in [1.807, 2.05) is 0 Å². The van der Waals surface area contributed by atoms with E-state index in [1.54, 1.807) is 33.8 Å². The summed E-state index contributed by atoms with van der Waals surface area (Å²) in [5.41, 5.74) is 1.50. The Hall–Kier alpha value is -1.43. The molecule has 0 radical (unpaired) electrons. The van der Waals surface area contributed by atoms with Gasteiger partial charge in [0, 0.05) is 16.2 Å². The molecule has 0 N–H and O–H groups in total. The van der Waals surface area contributed by atoms with Gasteiger partial charge in [-0.15, -0.1) is 0 Å². The number of hydrogen-bond acceptors (Lipinski definition) is 5. The zero-order chi connectivity index (χ0) is 20.4. The standard InChI is InChI=1S/C18H20Cl2NO5P/c1-5-25-27(24,26-6-2)16(20)10-13-9-14(7-8-15(13)19)21-17(22)11(3)12(4)18(21)23/h7-10H,5-6H2,1-4H3. The summed E-state index contributed by atoms with van der Waals surface area (Å²) in [6.45, 7) is 6.84. The van der Waals surface area contributed by atoms with E-state index in [9.17, 15) is 14.2 Å². The van der Waals surface area contributed by atoms with Crippen molar-refractivity contribution in [2.24, 2.45) is 0 Å². The Kier molecular flexibility index (Phi) is 7.06. The van der Waals surface area contributed by atoms with Crippen LogP contribution < -0.4 is 4.90 Å². The molecule has 0 fully saturated rings. The molecule has 1 heterocycles. The van der Waals surface area contributed by atoms with Crippen LogP contribution in [0.25, 0.3) is 6.08 Å². The van der Waals surface area contributed by atoms with Crippen LogP contribution in [0.1, 0.15) is 33.3 Å². The predicted octanol–water partition coefficient (Wildman–Crippen LogP) is 5.35. The maximum absolute atomic E-state index is 12.7. The lowest BCUT2D eigenvalue weighted by Crippen LogP contribution is -2.31. The summed E-state index contributed by atoms with van der Waals surface area (Å²) in [6, 6.07) is 4.61. The minimum atomic E-state index is -3.67. The van der Waals surface area contributed by atoms with E-state index >= 15 is 0 Å². The van der Waals surface area contributed by atoms with Gasteiger partial charge in [0.15, 0.2) is 0 Å². The summed E-state index contributed by atoms with van der Waals surface area (Å²) < 4.78 is 23.0. The smallest absolute Gasteiger partial charge is 0.305 e. The third kappa shape index (κ3) is 4.36. The van der Waals surface area contributed by atoms with Crippen LogP contribution in [0.5, 0.6) is 0 Å². The molecule has 0 spiro atoms. The van der Waals surface area contributed by atoms with Crippen molar-refractivity contribution in [2.45, 2.75) is 27.7 Å². The average Bonchev–Trinajstić information content (AvgIpc) is 2.81. The first-order chi connectivity index (χ1) is 12.7. The summed E-state index contributed by atoms with van der Waals surface area (Å²) in [5.74, 6) is -0.787. The van der Waals surface area contributed by atoms with Crippen molar-refractivity contribution in [2.75, 3.05) is 18.1 Å². The number of anilines is 1. The Morgan fingerprint density at radius 3 is 2.11 bits per heavy atom. The number of carbonyl (C=O) groups is 2. The SMILES string of the molecule is CCOP(=O)(OCC)C(Cl)=Cc1cc(N2C(=O)C(C)=C(C)C2=O)ccc1Cl. The largest absolute Gasteiger partial charge is 0.372 e. The maximum atomic E-state index is 12.7. The molecule has 0 unspecified atom stereocenters. The van der Waals surface area contributed by atoms with E-state index in [4.69, 9.17) is 32.2 Å². The molecule has 0 aromatic heterocycles. The molecule has 1 aromatic carbocycles. The zero-order valence-electron chi connectivity index (χ0n) is 15.4. The minimum Gasteiger partial charge on any atom is -0.305 e. The first kappa shape index (κ1) is 21.9. The third-order valence-electron chi connectivity index (χ3n) is 3.98. The number of nitrogens with zero attached hydrogens (tertiary/aromatic N) is 1. The number of imide groups is 1. The number of hydrogen-bond donors (Lipinski definition) is 0. The maximum Gasteiger partial charge on any atom is 0.372 e. The normalized spacial score (nSPS) is 15.9. The molecule has 1 aromatic rings. The van der Waals surface area contributed by atoms with Crippen LogP contribution in [0.3, 0.4) is 0 Å². The van der Waals surface area contributed by atoms with Gasteiger partial charge in [0.05, 0.1) is 18.9 Å². The van der Waals surface area contributed by atoms with Gasteiger partial charge in [-0.05, 0) is 57.5 Å². The van der Waals surface area contributed by atoms with Gasteiger partial charge in [-0.1, -0.05) is 23.2 Å². The predicted molar refractivity (Wildman–Crippen MR) is 107 cm³/mol. The molecule has 1 aliphatic rings. The van der Waals surface area contributed by atoms with Crippen molar-refractivity contribution in [1.29, 1.82) is 0 Å². The van der Waals surface area contributed by atoms with Gasteiger partial charge in [-0.2, -0.15) is 0 Å². The van der Waals surface area contributed by atoms with Gasteiger partial charge in [0.1, 0.15) is 4.77 Å². The minimum absolute atomic E-state index is 0.144. The quantitative estimate of drug-likeness (QED) is 0.429. The molecule has 9 heteroatoms. The second-order valence-electron chi connectivity index (χ2n) is 5.70. The van der Waals surface area contributed by atoms with Crippen LogP contribution in [0.4, 0.5) is 5.69 Å². The molecule has 0 bridgehead atoms. The first-order valence-corrected chi connectivity index (χ1v) is 10.6. The third-order valence-corrected chi connectivity index (χ3v) is 6.91. The average molecular weight is 432 g/mol. The summed E-state index contributed by atoms with van der Waals surface area (Å²) in [6.07, 6.45) is 1.36. The number of rotatable bonds is 7. The lowest BCUT2D eigenvalue weighted by molar-refractivity contribution is -0.120. The van der Waals surface area contributed by atoms with E-state index in [0.29, 0.717) is 27.4 Å². The van der Waals surface area contributed by atoms with Crippen molar-refractivity contribution in [3.8, 4) is 0 Å². The van der Waals surface area contributed by atoms with Crippen LogP contribution in [-0.2, 0) is 23.2 Å². The second-order valence-corrected chi connectivity index (χ2v) is 8.77. The van der Waals surface area contributed by atoms with E-state index < -0.39 is 19.4 Å². The number of carbonyl (C=O) groups excluding carboxylic acids is 2. The Morgan fingerprint density at radius 2 is 1.63 bits per heavy atom. The summed E-state index contributed by atoms with van der Waals surface area (Å²) in [4.78, 5) is 25.8. The highest BCUT2D eigenvalue weighted by Crippen LogP contribution is 2.58. The summed E-state index contributed by atoms with van der Waals surface area (Å²) in [5, 5.41) is 0.303.